The van der Waals surface area contributed by atoms with Crippen molar-refractivity contribution >= 4 is 33.2 Å². The van der Waals surface area contributed by atoms with Crippen molar-refractivity contribution < 1.29 is 9.18 Å². The van der Waals surface area contributed by atoms with Crippen LogP contribution < -0.4 is 5.32 Å². The van der Waals surface area contributed by atoms with Crippen LogP contribution in [0, 0.1) is 12.7 Å². The first kappa shape index (κ1) is 14.1. The molecule has 100 valence electrons. The summed E-state index contributed by atoms with van der Waals surface area (Å²) in [7, 11) is 0. The van der Waals surface area contributed by atoms with Gasteiger partial charge in [0.05, 0.1) is 10.5 Å². The van der Waals surface area contributed by atoms with Crippen LogP contribution in [-0.2, 0) is 0 Å². The Hall–Kier alpha value is -1.27. The fraction of sp³-hybridized carbons (Fsp3) is 0.231. The smallest absolute Gasteiger partial charge is 0.251 e. The number of aromatic nitrogens is 1. The molecule has 1 unspecified atom stereocenters. The van der Waals surface area contributed by atoms with E-state index >= 15 is 0 Å². The summed E-state index contributed by atoms with van der Waals surface area (Å²) in [5, 5.41) is 3.64. The van der Waals surface area contributed by atoms with Crippen molar-refractivity contribution in [3.63, 3.8) is 0 Å². The van der Waals surface area contributed by atoms with Gasteiger partial charge in [-0.1, -0.05) is 0 Å². The second-order valence-electron chi connectivity index (χ2n) is 4.13. The maximum Gasteiger partial charge on any atom is 0.251 e. The molecule has 0 spiro atoms. The van der Waals surface area contributed by atoms with Gasteiger partial charge in [-0.2, -0.15) is 0 Å². The molecule has 0 saturated heterocycles. The number of thiazole rings is 1. The molecule has 1 heterocycles. The van der Waals surface area contributed by atoms with Crippen LogP contribution in [0.4, 0.5) is 4.39 Å². The summed E-state index contributed by atoms with van der Waals surface area (Å²) in [6, 6.07) is 4.10. The molecule has 1 aromatic carbocycles. The second-order valence-corrected chi connectivity index (χ2v) is 6.25. The third-order valence-corrected chi connectivity index (χ3v) is 4.28. The number of amides is 1. The van der Waals surface area contributed by atoms with E-state index in [9.17, 15) is 9.18 Å². The molecular formula is C13H12BrFN2OS. The quantitative estimate of drug-likeness (QED) is 0.920. The Labute approximate surface area is 123 Å². The lowest BCUT2D eigenvalue weighted by Gasteiger charge is -2.11. The van der Waals surface area contributed by atoms with Crippen molar-refractivity contribution in [1.82, 2.24) is 10.3 Å². The zero-order chi connectivity index (χ0) is 14.0. The van der Waals surface area contributed by atoms with E-state index in [1.165, 1.54) is 23.5 Å². The Morgan fingerprint density at radius 2 is 2.26 bits per heavy atom. The number of nitrogens with one attached hydrogen (secondary N) is 1. The average Bonchev–Trinajstić information content (AvgIpc) is 2.79. The standard InChI is InChI=1S/C13H12BrFN2OS/c1-7-6-16-13(19-7)8(2)17-12(18)9-3-4-10(14)11(15)5-9/h3-6,8H,1-2H3,(H,17,18). The minimum absolute atomic E-state index is 0.196. The predicted octanol–water partition coefficient (Wildman–Crippen LogP) is 3.84. The van der Waals surface area contributed by atoms with Crippen LogP contribution in [0.2, 0.25) is 0 Å². The van der Waals surface area contributed by atoms with Crippen LogP contribution in [0.15, 0.2) is 28.9 Å². The van der Waals surface area contributed by atoms with Crippen LogP contribution >= 0.6 is 27.3 Å². The number of halogens is 2. The van der Waals surface area contributed by atoms with Gasteiger partial charge < -0.3 is 5.32 Å². The first-order chi connectivity index (χ1) is 8.97. The van der Waals surface area contributed by atoms with E-state index in [-0.39, 0.29) is 11.9 Å². The average molecular weight is 343 g/mol. The van der Waals surface area contributed by atoms with Crippen molar-refractivity contribution in [2.45, 2.75) is 19.9 Å². The van der Waals surface area contributed by atoms with Crippen molar-refractivity contribution in [3.05, 3.63) is 50.1 Å². The SMILES string of the molecule is Cc1cnc(C(C)NC(=O)c2ccc(Br)c(F)c2)s1. The molecule has 2 rings (SSSR count). The first-order valence-electron chi connectivity index (χ1n) is 5.65. The van der Waals surface area contributed by atoms with Crippen LogP contribution in [0.1, 0.15) is 33.2 Å². The summed E-state index contributed by atoms with van der Waals surface area (Å²) >= 11 is 4.58. The summed E-state index contributed by atoms with van der Waals surface area (Å²) in [5.41, 5.74) is 0.292. The molecule has 3 nitrogen and oxygen atoms in total. The molecule has 0 radical (unpaired) electrons. The van der Waals surface area contributed by atoms with Gasteiger partial charge in [-0.25, -0.2) is 9.37 Å². The summed E-state index contributed by atoms with van der Waals surface area (Å²) in [6.45, 7) is 3.81. The summed E-state index contributed by atoms with van der Waals surface area (Å²) in [6.07, 6.45) is 1.77. The number of rotatable bonds is 3. The molecule has 0 aliphatic carbocycles. The number of aryl methyl sites for hydroxylation is 1. The fourth-order valence-corrected chi connectivity index (χ4v) is 2.57. The van der Waals surface area contributed by atoms with E-state index in [0.717, 1.165) is 9.88 Å². The normalized spacial score (nSPS) is 12.2. The van der Waals surface area contributed by atoms with E-state index in [1.807, 2.05) is 13.8 Å². The first-order valence-corrected chi connectivity index (χ1v) is 7.26. The van der Waals surface area contributed by atoms with Gasteiger partial charge in [-0.05, 0) is 48.0 Å². The highest BCUT2D eigenvalue weighted by atomic mass is 79.9. The van der Waals surface area contributed by atoms with Crippen molar-refractivity contribution in [2.75, 3.05) is 0 Å². The molecule has 1 amide bonds. The zero-order valence-corrected chi connectivity index (χ0v) is 12.8. The van der Waals surface area contributed by atoms with Gasteiger partial charge in [0.15, 0.2) is 0 Å². The molecule has 0 saturated carbocycles. The predicted molar refractivity (Wildman–Crippen MR) is 76.8 cm³/mol. The lowest BCUT2D eigenvalue weighted by molar-refractivity contribution is 0.0939. The number of carbonyl (C=O) groups excluding carboxylic acids is 1. The third kappa shape index (κ3) is 3.39. The van der Waals surface area contributed by atoms with Crippen molar-refractivity contribution in [2.24, 2.45) is 0 Å². The Balaban J connectivity index is 2.10. The van der Waals surface area contributed by atoms with Gasteiger partial charge in [-0.3, -0.25) is 4.79 Å². The molecular weight excluding hydrogens is 331 g/mol. The Morgan fingerprint density at radius 1 is 1.53 bits per heavy atom. The number of hydrogen-bond acceptors (Lipinski definition) is 3. The maximum absolute atomic E-state index is 13.4. The fourth-order valence-electron chi connectivity index (χ4n) is 1.55. The van der Waals surface area contributed by atoms with Crippen LogP contribution in [0.3, 0.4) is 0 Å². The molecule has 1 aromatic heterocycles. The number of benzene rings is 1. The minimum Gasteiger partial charge on any atom is -0.343 e. The summed E-state index contributed by atoms with van der Waals surface area (Å²) in [4.78, 5) is 17.3. The minimum atomic E-state index is -0.453. The van der Waals surface area contributed by atoms with Crippen molar-refractivity contribution in [1.29, 1.82) is 0 Å². The Kier molecular flexibility index (Phi) is 4.31. The molecule has 1 atom stereocenters. The number of hydrogen-bond donors (Lipinski definition) is 1. The van der Waals surface area contributed by atoms with E-state index in [4.69, 9.17) is 0 Å². The molecule has 0 aliphatic heterocycles. The second kappa shape index (κ2) is 5.79. The lowest BCUT2D eigenvalue weighted by atomic mass is 10.2. The molecule has 6 heteroatoms. The maximum atomic E-state index is 13.4. The molecule has 19 heavy (non-hydrogen) atoms. The van der Waals surface area contributed by atoms with Gasteiger partial charge in [0.25, 0.3) is 5.91 Å². The lowest BCUT2D eigenvalue weighted by Crippen LogP contribution is -2.26. The van der Waals surface area contributed by atoms with Gasteiger partial charge in [0, 0.05) is 16.6 Å². The van der Waals surface area contributed by atoms with Crippen molar-refractivity contribution in [3.8, 4) is 0 Å². The Bertz CT molecular complexity index is 614. The summed E-state index contributed by atoms with van der Waals surface area (Å²) < 4.78 is 13.7. The summed E-state index contributed by atoms with van der Waals surface area (Å²) in [5.74, 6) is -0.767. The van der Waals surface area contributed by atoms with E-state index in [1.54, 1.807) is 12.3 Å². The largest absolute Gasteiger partial charge is 0.343 e. The highest BCUT2D eigenvalue weighted by Crippen LogP contribution is 2.20. The molecule has 2 aromatic rings. The molecule has 0 aliphatic rings. The third-order valence-electron chi connectivity index (χ3n) is 2.54. The number of carbonyl (C=O) groups is 1. The van der Waals surface area contributed by atoms with E-state index in [2.05, 4.69) is 26.2 Å². The monoisotopic (exact) mass is 342 g/mol. The van der Waals surface area contributed by atoms with Gasteiger partial charge in [-0.15, -0.1) is 11.3 Å². The zero-order valence-electron chi connectivity index (χ0n) is 10.4. The van der Waals surface area contributed by atoms with Crippen LogP contribution in [0.25, 0.3) is 0 Å². The van der Waals surface area contributed by atoms with Crippen LogP contribution in [-0.4, -0.2) is 10.9 Å². The molecule has 0 bridgehead atoms. The van der Waals surface area contributed by atoms with Gasteiger partial charge >= 0.3 is 0 Å². The topological polar surface area (TPSA) is 42.0 Å². The molecule has 1 N–H and O–H groups in total. The highest BCUT2D eigenvalue weighted by Gasteiger charge is 2.15. The molecule has 0 fully saturated rings. The highest BCUT2D eigenvalue weighted by molar-refractivity contribution is 9.10. The van der Waals surface area contributed by atoms with E-state index in [0.29, 0.717) is 10.0 Å². The number of nitrogens with zero attached hydrogens (tertiary/aromatic N) is 1. The van der Waals surface area contributed by atoms with Gasteiger partial charge in [0.2, 0.25) is 0 Å². The Morgan fingerprint density at radius 3 is 2.84 bits per heavy atom. The van der Waals surface area contributed by atoms with E-state index < -0.39 is 5.82 Å². The van der Waals surface area contributed by atoms with Crippen LogP contribution in [0.5, 0.6) is 0 Å². The van der Waals surface area contributed by atoms with Gasteiger partial charge in [0.1, 0.15) is 10.8 Å².